The number of aromatic nitrogens is 1. The van der Waals surface area contributed by atoms with E-state index in [-0.39, 0.29) is 6.04 Å². The molecule has 1 heterocycles. The van der Waals surface area contributed by atoms with Gasteiger partial charge in [0.25, 0.3) is 0 Å². The number of nitrogens with zero attached hydrogens (tertiary/aromatic N) is 1. The van der Waals surface area contributed by atoms with Crippen LogP contribution in [0.1, 0.15) is 11.1 Å². The summed E-state index contributed by atoms with van der Waals surface area (Å²) in [4.78, 5) is 16.0. The third-order valence-electron chi connectivity index (χ3n) is 3.41. The van der Waals surface area contributed by atoms with E-state index in [4.69, 9.17) is 10.2 Å². The lowest BCUT2D eigenvalue weighted by Gasteiger charge is -2.23. The predicted octanol–water partition coefficient (Wildman–Crippen LogP) is 0.861. The van der Waals surface area contributed by atoms with Gasteiger partial charge < -0.3 is 15.1 Å². The lowest BCUT2D eigenvalue weighted by Crippen LogP contribution is -2.37. The Hall–Kier alpha value is -1.59. The zero-order valence-corrected chi connectivity index (χ0v) is 11.0. The first-order chi connectivity index (χ1) is 8.52. The smallest absolute Gasteiger partial charge is 0.408 e. The summed E-state index contributed by atoms with van der Waals surface area (Å²) in [5, 5.41) is 0. The maximum absolute atomic E-state index is 11.2. The van der Waals surface area contributed by atoms with Crippen LogP contribution in [0.15, 0.2) is 21.3 Å². The fraction of sp³-hybridized carbons (Fsp3) is 0.462. The molecule has 0 unspecified atom stereocenters. The van der Waals surface area contributed by atoms with Gasteiger partial charge in [0.2, 0.25) is 0 Å². The number of hydrogen-bond donors (Lipinski definition) is 2. The quantitative estimate of drug-likeness (QED) is 0.842. The number of nitrogens with one attached hydrogen (secondary N) is 1. The molecule has 98 valence electrons. The third kappa shape index (κ3) is 2.32. The van der Waals surface area contributed by atoms with Crippen molar-refractivity contribution in [2.24, 2.45) is 5.73 Å². The van der Waals surface area contributed by atoms with E-state index in [9.17, 15) is 4.79 Å². The number of benzene rings is 1. The van der Waals surface area contributed by atoms with Crippen LogP contribution in [-0.2, 0) is 6.42 Å². The molecule has 0 saturated heterocycles. The molecule has 0 aliphatic heterocycles. The molecule has 0 fully saturated rings. The van der Waals surface area contributed by atoms with E-state index < -0.39 is 5.76 Å². The lowest BCUT2D eigenvalue weighted by molar-refractivity contribution is 0.297. The summed E-state index contributed by atoms with van der Waals surface area (Å²) in [6.07, 6.45) is 0.847. The van der Waals surface area contributed by atoms with Crippen molar-refractivity contribution in [3.8, 4) is 0 Å². The van der Waals surface area contributed by atoms with E-state index in [2.05, 4.69) is 9.88 Å². The number of hydrogen-bond acceptors (Lipinski definition) is 4. The van der Waals surface area contributed by atoms with Gasteiger partial charge in [-0.3, -0.25) is 4.98 Å². The van der Waals surface area contributed by atoms with Crippen molar-refractivity contribution in [1.29, 1.82) is 0 Å². The van der Waals surface area contributed by atoms with Gasteiger partial charge >= 0.3 is 5.76 Å². The minimum absolute atomic E-state index is 0.284. The highest BCUT2D eigenvalue weighted by atomic mass is 16.4. The van der Waals surface area contributed by atoms with Gasteiger partial charge in [0.15, 0.2) is 5.58 Å². The second kappa shape index (κ2) is 4.96. The van der Waals surface area contributed by atoms with Crippen molar-refractivity contribution in [3.63, 3.8) is 0 Å². The van der Waals surface area contributed by atoms with E-state index in [1.165, 1.54) is 0 Å². The van der Waals surface area contributed by atoms with Crippen LogP contribution in [0, 0.1) is 6.92 Å². The average Bonchev–Trinajstić information content (AvgIpc) is 2.69. The van der Waals surface area contributed by atoms with E-state index in [1.807, 2.05) is 33.2 Å². The molecular formula is C13H19N3O2. The Morgan fingerprint density at radius 2 is 2.17 bits per heavy atom. The van der Waals surface area contributed by atoms with Gasteiger partial charge in [0.1, 0.15) is 0 Å². The highest BCUT2D eigenvalue weighted by Crippen LogP contribution is 2.21. The summed E-state index contributed by atoms with van der Waals surface area (Å²) in [6, 6.07) is 4.19. The molecule has 18 heavy (non-hydrogen) atoms. The van der Waals surface area contributed by atoms with Gasteiger partial charge in [-0.25, -0.2) is 4.79 Å². The minimum atomic E-state index is -0.409. The number of rotatable bonds is 4. The van der Waals surface area contributed by atoms with Crippen molar-refractivity contribution in [3.05, 3.63) is 33.8 Å². The van der Waals surface area contributed by atoms with Crippen molar-refractivity contribution in [1.82, 2.24) is 9.88 Å². The Bertz CT molecular complexity index is 598. The second-order valence-corrected chi connectivity index (χ2v) is 4.80. The second-order valence-electron chi connectivity index (χ2n) is 4.80. The predicted molar refractivity (Wildman–Crippen MR) is 71.8 cm³/mol. The van der Waals surface area contributed by atoms with E-state index >= 15 is 0 Å². The van der Waals surface area contributed by atoms with Crippen LogP contribution < -0.4 is 11.5 Å². The van der Waals surface area contributed by atoms with Crippen LogP contribution in [0.3, 0.4) is 0 Å². The SMILES string of the molecule is Cc1c(C[C@@H](CN)N(C)C)ccc2[nH]c(=O)oc12. The number of fused-ring (bicyclic) bond motifs is 1. The highest BCUT2D eigenvalue weighted by molar-refractivity contribution is 5.77. The van der Waals surface area contributed by atoms with Gasteiger partial charge in [0, 0.05) is 12.6 Å². The Labute approximate surface area is 106 Å². The molecule has 2 aromatic rings. The third-order valence-corrected chi connectivity index (χ3v) is 3.41. The zero-order valence-electron chi connectivity index (χ0n) is 11.0. The van der Waals surface area contributed by atoms with Crippen LogP contribution in [0.25, 0.3) is 11.1 Å². The number of oxazole rings is 1. The molecular weight excluding hydrogens is 230 g/mol. The summed E-state index contributed by atoms with van der Waals surface area (Å²) < 4.78 is 5.16. The molecule has 1 aromatic carbocycles. The first-order valence-corrected chi connectivity index (χ1v) is 6.00. The largest absolute Gasteiger partial charge is 0.417 e. The Balaban J connectivity index is 2.39. The van der Waals surface area contributed by atoms with E-state index in [1.54, 1.807) is 0 Å². The van der Waals surface area contributed by atoms with Gasteiger partial charge in [-0.2, -0.15) is 0 Å². The van der Waals surface area contributed by atoms with Crippen LogP contribution in [0.2, 0.25) is 0 Å². The summed E-state index contributed by atoms with van der Waals surface area (Å²) >= 11 is 0. The van der Waals surface area contributed by atoms with Gasteiger partial charge in [-0.1, -0.05) is 6.07 Å². The summed E-state index contributed by atoms with van der Waals surface area (Å²) in [5.41, 5.74) is 9.33. The Kier molecular flexibility index (Phi) is 3.54. The molecule has 0 spiro atoms. The molecule has 0 saturated carbocycles. The van der Waals surface area contributed by atoms with Gasteiger partial charge in [0.05, 0.1) is 5.52 Å². The van der Waals surface area contributed by atoms with Gasteiger partial charge in [-0.15, -0.1) is 0 Å². The molecule has 1 atom stereocenters. The summed E-state index contributed by atoms with van der Waals surface area (Å²) in [6.45, 7) is 2.57. The molecule has 3 N–H and O–H groups in total. The first-order valence-electron chi connectivity index (χ1n) is 6.00. The number of nitrogens with two attached hydrogens (primary N) is 1. The molecule has 0 radical (unpaired) electrons. The van der Waals surface area contributed by atoms with Crippen LogP contribution >= 0.6 is 0 Å². The van der Waals surface area contributed by atoms with Gasteiger partial charge in [-0.05, 0) is 44.6 Å². The maximum Gasteiger partial charge on any atom is 0.417 e. The molecule has 1 aromatic heterocycles. The van der Waals surface area contributed by atoms with Crippen LogP contribution in [0.5, 0.6) is 0 Å². The Morgan fingerprint density at radius 3 is 2.78 bits per heavy atom. The molecule has 5 nitrogen and oxygen atoms in total. The topological polar surface area (TPSA) is 75.3 Å². The van der Waals surface area contributed by atoms with E-state index in [0.717, 1.165) is 23.1 Å². The van der Waals surface area contributed by atoms with Crippen molar-refractivity contribution >= 4 is 11.1 Å². The lowest BCUT2D eigenvalue weighted by atomic mass is 10.00. The van der Waals surface area contributed by atoms with Crippen LogP contribution in [-0.4, -0.2) is 36.6 Å². The van der Waals surface area contributed by atoms with Crippen molar-refractivity contribution in [2.75, 3.05) is 20.6 Å². The summed E-state index contributed by atoms with van der Waals surface area (Å²) in [7, 11) is 4.03. The molecule has 0 bridgehead atoms. The highest BCUT2D eigenvalue weighted by Gasteiger charge is 2.14. The number of aromatic amines is 1. The number of aryl methyl sites for hydroxylation is 1. The van der Waals surface area contributed by atoms with E-state index in [0.29, 0.717) is 12.1 Å². The zero-order chi connectivity index (χ0) is 13.3. The number of likely N-dealkylation sites (N-methyl/N-ethyl adjacent to an activating group) is 1. The summed E-state index contributed by atoms with van der Waals surface area (Å²) in [5.74, 6) is -0.409. The monoisotopic (exact) mass is 249 g/mol. The average molecular weight is 249 g/mol. The molecule has 2 rings (SSSR count). The standard InChI is InChI=1S/C13H19N3O2/c1-8-9(6-10(7-14)16(2)3)4-5-11-12(8)18-13(17)15-11/h4-5,10H,6-7,14H2,1-3H3,(H,15,17)/t10-/m0/s1. The minimum Gasteiger partial charge on any atom is -0.408 e. The van der Waals surface area contributed by atoms with Crippen molar-refractivity contribution < 1.29 is 4.42 Å². The number of H-pyrrole nitrogens is 1. The molecule has 0 aliphatic rings. The molecule has 0 amide bonds. The molecule has 5 heteroatoms. The normalized spacial score (nSPS) is 13.4. The van der Waals surface area contributed by atoms with Crippen LogP contribution in [0.4, 0.5) is 0 Å². The Morgan fingerprint density at radius 1 is 1.44 bits per heavy atom. The first kappa shape index (κ1) is 12.9. The van der Waals surface area contributed by atoms with Crippen molar-refractivity contribution in [2.45, 2.75) is 19.4 Å². The maximum atomic E-state index is 11.2. The fourth-order valence-electron chi connectivity index (χ4n) is 2.14. The molecule has 0 aliphatic carbocycles. The fourth-order valence-corrected chi connectivity index (χ4v) is 2.14.